The van der Waals surface area contributed by atoms with Gasteiger partial charge in [-0.2, -0.15) is 11.8 Å². The summed E-state index contributed by atoms with van der Waals surface area (Å²) in [7, 11) is 4.10. The predicted molar refractivity (Wildman–Crippen MR) is 124 cm³/mol. The van der Waals surface area contributed by atoms with Crippen LogP contribution < -0.4 is 5.32 Å². The molecule has 0 amide bonds. The maximum Gasteiger partial charge on any atom is 0.194 e. The second-order valence-corrected chi connectivity index (χ2v) is 8.68. The third kappa shape index (κ3) is 6.80. The molecule has 1 aromatic heterocycles. The van der Waals surface area contributed by atoms with Gasteiger partial charge < -0.3 is 19.5 Å². The molecule has 26 heavy (non-hydrogen) atoms. The van der Waals surface area contributed by atoms with Gasteiger partial charge in [0.1, 0.15) is 0 Å². The van der Waals surface area contributed by atoms with Crippen LogP contribution in [-0.4, -0.2) is 59.3 Å². The molecule has 8 heteroatoms. The number of aromatic nitrogens is 1. The van der Waals surface area contributed by atoms with E-state index < -0.39 is 0 Å². The zero-order valence-electron chi connectivity index (χ0n) is 16.3. The number of halogens is 2. The minimum absolute atomic E-state index is 0. The Kier molecular flexibility index (Phi) is 10.7. The summed E-state index contributed by atoms with van der Waals surface area (Å²) in [6.45, 7) is 8.47. The van der Waals surface area contributed by atoms with E-state index in [0.29, 0.717) is 0 Å². The molecule has 1 N–H and O–H groups in total. The largest absolute Gasteiger partial charge is 0.381 e. The van der Waals surface area contributed by atoms with Gasteiger partial charge in [0.05, 0.1) is 18.1 Å². The molecule has 1 aromatic rings. The molecule has 1 saturated heterocycles. The number of aryl methyl sites for hydroxylation is 1. The third-order valence-electron chi connectivity index (χ3n) is 4.54. The van der Waals surface area contributed by atoms with Crippen LogP contribution in [0.4, 0.5) is 0 Å². The number of hydrogen-bond donors (Lipinski definition) is 1. The SMILES string of the molecule is CCNC(=NCC1(SCC)CCOCC1)N(C)Cc1cc(Cl)cn1C.I. The standard InChI is InChI=1S/C18H31ClN4OS.HI/c1-5-20-17(23(4)13-16-11-15(19)12-22(16)3)21-14-18(25-6-2)7-9-24-10-8-18;/h11-12H,5-10,13-14H2,1-4H3,(H,20,21);1H. The third-order valence-corrected chi connectivity index (χ3v) is 6.19. The summed E-state index contributed by atoms with van der Waals surface area (Å²) in [5.74, 6) is 2.06. The van der Waals surface area contributed by atoms with Gasteiger partial charge >= 0.3 is 0 Å². The zero-order chi connectivity index (χ0) is 18.3. The van der Waals surface area contributed by atoms with Crippen molar-refractivity contribution in [2.75, 3.05) is 39.1 Å². The summed E-state index contributed by atoms with van der Waals surface area (Å²) in [5, 5.41) is 4.19. The molecule has 1 aliphatic heterocycles. The van der Waals surface area contributed by atoms with Crippen LogP contribution in [0.1, 0.15) is 32.4 Å². The Morgan fingerprint density at radius 1 is 1.42 bits per heavy atom. The van der Waals surface area contributed by atoms with Crippen molar-refractivity contribution in [1.29, 1.82) is 0 Å². The van der Waals surface area contributed by atoms with E-state index in [9.17, 15) is 0 Å². The van der Waals surface area contributed by atoms with E-state index in [1.54, 1.807) is 0 Å². The molecule has 150 valence electrons. The summed E-state index contributed by atoms with van der Waals surface area (Å²) in [6, 6.07) is 2.01. The Morgan fingerprint density at radius 3 is 2.65 bits per heavy atom. The molecule has 1 aliphatic rings. The van der Waals surface area contributed by atoms with E-state index in [2.05, 4.69) is 35.7 Å². The Labute approximate surface area is 184 Å². The van der Waals surface area contributed by atoms with Gasteiger partial charge in [0.2, 0.25) is 0 Å². The summed E-state index contributed by atoms with van der Waals surface area (Å²) >= 11 is 8.13. The summed E-state index contributed by atoms with van der Waals surface area (Å²) in [4.78, 5) is 7.14. The van der Waals surface area contributed by atoms with Crippen LogP contribution in [-0.2, 0) is 18.3 Å². The highest BCUT2D eigenvalue weighted by Gasteiger charge is 2.32. The first-order valence-electron chi connectivity index (χ1n) is 9.01. The van der Waals surface area contributed by atoms with Gasteiger partial charge in [0.25, 0.3) is 0 Å². The maximum atomic E-state index is 6.11. The smallest absolute Gasteiger partial charge is 0.194 e. The predicted octanol–water partition coefficient (Wildman–Crippen LogP) is 4.00. The lowest BCUT2D eigenvalue weighted by Crippen LogP contribution is -2.42. The number of guanidine groups is 1. The molecule has 0 atom stereocenters. The first-order chi connectivity index (χ1) is 12.0. The highest BCUT2D eigenvalue weighted by Crippen LogP contribution is 2.35. The van der Waals surface area contributed by atoms with E-state index in [4.69, 9.17) is 21.3 Å². The molecule has 0 aliphatic carbocycles. The molecule has 5 nitrogen and oxygen atoms in total. The first-order valence-corrected chi connectivity index (χ1v) is 10.4. The lowest BCUT2D eigenvalue weighted by atomic mass is 9.99. The molecule has 0 saturated carbocycles. The number of aliphatic imine (C=N–C) groups is 1. The summed E-state index contributed by atoms with van der Waals surface area (Å²) in [6.07, 6.45) is 4.08. The topological polar surface area (TPSA) is 41.8 Å². The molecule has 1 fully saturated rings. The Hall–Kier alpha value is -0.120. The first kappa shape index (κ1) is 23.9. The van der Waals surface area contributed by atoms with Crippen LogP contribution in [0.5, 0.6) is 0 Å². The van der Waals surface area contributed by atoms with Crippen molar-refractivity contribution in [3.05, 3.63) is 23.0 Å². The van der Waals surface area contributed by atoms with Gasteiger partial charge in [-0.1, -0.05) is 18.5 Å². The van der Waals surface area contributed by atoms with Gasteiger partial charge in [-0.05, 0) is 31.6 Å². The molecule has 0 bridgehead atoms. The molecular weight excluding hydrogens is 483 g/mol. The molecular formula is C18H32ClIN4OS. The van der Waals surface area contributed by atoms with E-state index in [-0.39, 0.29) is 28.7 Å². The van der Waals surface area contributed by atoms with Crippen molar-refractivity contribution in [1.82, 2.24) is 14.8 Å². The van der Waals surface area contributed by atoms with Gasteiger partial charge in [0, 0.05) is 50.5 Å². The fraction of sp³-hybridized carbons (Fsp3) is 0.722. The number of thioether (sulfide) groups is 1. The Bertz CT molecular complexity index is 570. The quantitative estimate of drug-likeness (QED) is 0.339. The second-order valence-electron chi connectivity index (χ2n) is 6.52. The van der Waals surface area contributed by atoms with E-state index in [1.165, 1.54) is 5.69 Å². The molecule has 0 unspecified atom stereocenters. The van der Waals surface area contributed by atoms with Crippen molar-refractivity contribution in [2.24, 2.45) is 12.0 Å². The summed E-state index contributed by atoms with van der Waals surface area (Å²) in [5.41, 5.74) is 1.17. The van der Waals surface area contributed by atoms with Gasteiger partial charge in [-0.3, -0.25) is 4.99 Å². The van der Waals surface area contributed by atoms with E-state index in [0.717, 1.165) is 62.4 Å². The number of nitrogens with one attached hydrogen (secondary N) is 1. The number of hydrogen-bond acceptors (Lipinski definition) is 3. The van der Waals surface area contributed by atoms with Gasteiger partial charge in [-0.25, -0.2) is 0 Å². The number of rotatable bonds is 7. The van der Waals surface area contributed by atoms with Crippen molar-refractivity contribution >= 4 is 53.3 Å². The van der Waals surface area contributed by atoms with Crippen LogP contribution in [0, 0.1) is 0 Å². The molecule has 2 rings (SSSR count). The normalized spacial score (nSPS) is 16.9. The molecule has 0 spiro atoms. The van der Waals surface area contributed by atoms with Crippen LogP contribution in [0.15, 0.2) is 17.3 Å². The van der Waals surface area contributed by atoms with Crippen LogP contribution in [0.25, 0.3) is 0 Å². The summed E-state index contributed by atoms with van der Waals surface area (Å²) < 4.78 is 7.84. The van der Waals surface area contributed by atoms with Gasteiger partial charge in [0.15, 0.2) is 5.96 Å². The monoisotopic (exact) mass is 514 g/mol. The second kappa shape index (κ2) is 11.7. The fourth-order valence-electron chi connectivity index (χ4n) is 3.13. The molecule has 0 aromatic carbocycles. The Balaban J connectivity index is 0.00000338. The average Bonchev–Trinajstić information content (AvgIpc) is 2.90. The molecule has 2 heterocycles. The van der Waals surface area contributed by atoms with E-state index >= 15 is 0 Å². The lowest BCUT2D eigenvalue weighted by molar-refractivity contribution is 0.0793. The Morgan fingerprint density at radius 2 is 2.12 bits per heavy atom. The van der Waals surface area contributed by atoms with Crippen LogP contribution in [0.3, 0.4) is 0 Å². The highest BCUT2D eigenvalue weighted by molar-refractivity contribution is 14.0. The van der Waals surface area contributed by atoms with Crippen LogP contribution >= 0.6 is 47.3 Å². The van der Waals surface area contributed by atoms with Crippen molar-refractivity contribution in [3.63, 3.8) is 0 Å². The average molecular weight is 515 g/mol. The minimum atomic E-state index is 0. The lowest BCUT2D eigenvalue weighted by Gasteiger charge is -2.35. The zero-order valence-corrected chi connectivity index (χ0v) is 20.2. The van der Waals surface area contributed by atoms with Crippen molar-refractivity contribution in [2.45, 2.75) is 38.0 Å². The molecule has 0 radical (unpaired) electrons. The van der Waals surface area contributed by atoms with Crippen molar-refractivity contribution < 1.29 is 4.74 Å². The number of nitrogens with zero attached hydrogens (tertiary/aromatic N) is 3. The maximum absolute atomic E-state index is 6.11. The van der Waals surface area contributed by atoms with E-state index in [1.807, 2.05) is 31.1 Å². The highest BCUT2D eigenvalue weighted by atomic mass is 127. The van der Waals surface area contributed by atoms with Crippen LogP contribution in [0.2, 0.25) is 5.02 Å². The fourth-order valence-corrected chi connectivity index (χ4v) is 4.62. The minimum Gasteiger partial charge on any atom is -0.381 e. The van der Waals surface area contributed by atoms with Gasteiger partial charge in [-0.15, -0.1) is 24.0 Å². The van der Waals surface area contributed by atoms with Crippen molar-refractivity contribution in [3.8, 4) is 0 Å². The number of ether oxygens (including phenoxy) is 1.